The van der Waals surface area contributed by atoms with Crippen LogP contribution in [0.2, 0.25) is 0 Å². The summed E-state index contributed by atoms with van der Waals surface area (Å²) in [7, 11) is 0. The van der Waals surface area contributed by atoms with E-state index in [-0.39, 0.29) is 24.0 Å². The number of aliphatic imine (C=N–C) groups is 1. The standard InChI is InChI=1S/C18H34N6O.HI/c1-3-5-13-25-14-9-11-20-18(19-4-2)21-15-17-23-22-16-10-7-6-8-12-24(16)17;/h3-15H2,1-2H3,(H2,19,20,21);1H. The lowest BCUT2D eigenvalue weighted by atomic mass is 10.2. The molecule has 0 unspecified atom stereocenters. The van der Waals surface area contributed by atoms with Crippen molar-refractivity contribution in [2.75, 3.05) is 26.3 Å². The second-order valence-electron chi connectivity index (χ2n) is 6.44. The molecule has 2 heterocycles. The summed E-state index contributed by atoms with van der Waals surface area (Å²) in [5.74, 6) is 2.92. The normalized spacial score (nSPS) is 14.3. The maximum atomic E-state index is 5.59. The quantitative estimate of drug-likeness (QED) is 0.234. The topological polar surface area (TPSA) is 76.4 Å². The predicted octanol–water partition coefficient (Wildman–Crippen LogP) is 2.88. The summed E-state index contributed by atoms with van der Waals surface area (Å²) in [5.41, 5.74) is 0. The molecular formula is C18H35IN6O. The van der Waals surface area contributed by atoms with Crippen molar-refractivity contribution < 1.29 is 4.74 Å². The van der Waals surface area contributed by atoms with Crippen molar-refractivity contribution in [3.63, 3.8) is 0 Å². The number of fused-ring (bicyclic) bond motifs is 1. The van der Waals surface area contributed by atoms with Crippen LogP contribution in [0.1, 0.15) is 64.0 Å². The Balaban J connectivity index is 0.00000338. The molecule has 0 atom stereocenters. The minimum atomic E-state index is 0. The highest BCUT2D eigenvalue weighted by molar-refractivity contribution is 14.0. The van der Waals surface area contributed by atoms with Gasteiger partial charge < -0.3 is 19.9 Å². The van der Waals surface area contributed by atoms with Gasteiger partial charge in [0.2, 0.25) is 0 Å². The fourth-order valence-electron chi connectivity index (χ4n) is 2.88. The van der Waals surface area contributed by atoms with Crippen LogP contribution in [-0.2, 0) is 24.2 Å². The first-order valence-electron chi connectivity index (χ1n) is 9.86. The number of nitrogens with zero attached hydrogens (tertiary/aromatic N) is 4. The molecule has 1 aliphatic heterocycles. The molecule has 26 heavy (non-hydrogen) atoms. The third-order valence-electron chi connectivity index (χ3n) is 4.31. The third-order valence-corrected chi connectivity index (χ3v) is 4.31. The van der Waals surface area contributed by atoms with Gasteiger partial charge in [0.15, 0.2) is 11.8 Å². The summed E-state index contributed by atoms with van der Waals surface area (Å²) in [5, 5.41) is 15.3. The first-order chi connectivity index (χ1) is 12.3. The average Bonchev–Trinajstić information content (AvgIpc) is 2.85. The van der Waals surface area contributed by atoms with E-state index >= 15 is 0 Å². The predicted molar refractivity (Wildman–Crippen MR) is 116 cm³/mol. The third kappa shape index (κ3) is 8.20. The Kier molecular flexibility index (Phi) is 12.6. The molecule has 0 amide bonds. The van der Waals surface area contributed by atoms with Crippen molar-refractivity contribution >= 4 is 29.9 Å². The number of ether oxygens (including phenoxy) is 1. The fourth-order valence-corrected chi connectivity index (χ4v) is 2.88. The van der Waals surface area contributed by atoms with Crippen molar-refractivity contribution in [3.8, 4) is 0 Å². The molecule has 0 radical (unpaired) electrons. The van der Waals surface area contributed by atoms with Crippen LogP contribution in [0.4, 0.5) is 0 Å². The van der Waals surface area contributed by atoms with Crippen LogP contribution in [-0.4, -0.2) is 47.0 Å². The maximum Gasteiger partial charge on any atom is 0.191 e. The first kappa shape index (κ1) is 23.1. The Labute approximate surface area is 174 Å². The van der Waals surface area contributed by atoms with Crippen molar-refractivity contribution in [1.82, 2.24) is 25.4 Å². The van der Waals surface area contributed by atoms with Gasteiger partial charge in [-0.3, -0.25) is 0 Å². The van der Waals surface area contributed by atoms with Crippen molar-refractivity contribution in [2.45, 2.75) is 71.9 Å². The van der Waals surface area contributed by atoms with Gasteiger partial charge >= 0.3 is 0 Å². The Morgan fingerprint density at radius 2 is 1.96 bits per heavy atom. The molecule has 0 aromatic carbocycles. The summed E-state index contributed by atoms with van der Waals surface area (Å²) in [6, 6.07) is 0. The lowest BCUT2D eigenvalue weighted by molar-refractivity contribution is 0.129. The molecule has 2 rings (SSSR count). The van der Waals surface area contributed by atoms with Crippen LogP contribution in [0.5, 0.6) is 0 Å². The van der Waals surface area contributed by atoms with E-state index in [2.05, 4.69) is 44.2 Å². The van der Waals surface area contributed by atoms with E-state index in [1.54, 1.807) is 0 Å². The highest BCUT2D eigenvalue weighted by Crippen LogP contribution is 2.14. The van der Waals surface area contributed by atoms with Crippen LogP contribution in [0.3, 0.4) is 0 Å². The van der Waals surface area contributed by atoms with Crippen LogP contribution in [0.25, 0.3) is 0 Å². The monoisotopic (exact) mass is 478 g/mol. The molecular weight excluding hydrogens is 443 g/mol. The van der Waals surface area contributed by atoms with E-state index in [0.29, 0.717) is 6.54 Å². The molecule has 1 aromatic heterocycles. The SMILES string of the molecule is CCCCOCCCNC(=NCc1nnc2n1CCCCC2)NCC.I. The molecule has 0 aliphatic carbocycles. The molecule has 7 nitrogen and oxygen atoms in total. The van der Waals surface area contributed by atoms with E-state index in [4.69, 9.17) is 4.74 Å². The number of nitrogens with one attached hydrogen (secondary N) is 2. The van der Waals surface area contributed by atoms with E-state index in [1.807, 2.05) is 0 Å². The lowest BCUT2D eigenvalue weighted by Gasteiger charge is -2.11. The number of hydrogen-bond donors (Lipinski definition) is 2. The van der Waals surface area contributed by atoms with Crippen molar-refractivity contribution in [3.05, 3.63) is 11.6 Å². The van der Waals surface area contributed by atoms with Gasteiger partial charge in [0.05, 0.1) is 0 Å². The molecule has 0 bridgehead atoms. The number of aromatic nitrogens is 3. The summed E-state index contributed by atoms with van der Waals surface area (Å²) in [6.45, 7) is 9.20. The Hall–Kier alpha value is -0.900. The van der Waals surface area contributed by atoms with E-state index < -0.39 is 0 Å². The molecule has 0 fully saturated rings. The lowest BCUT2D eigenvalue weighted by Crippen LogP contribution is -2.38. The van der Waals surface area contributed by atoms with E-state index in [9.17, 15) is 0 Å². The molecule has 1 aromatic rings. The van der Waals surface area contributed by atoms with Gasteiger partial charge in [-0.05, 0) is 32.6 Å². The zero-order valence-electron chi connectivity index (χ0n) is 16.3. The highest BCUT2D eigenvalue weighted by Gasteiger charge is 2.14. The summed E-state index contributed by atoms with van der Waals surface area (Å²) in [6.07, 6.45) is 8.03. The van der Waals surface area contributed by atoms with E-state index in [0.717, 1.165) is 69.7 Å². The number of guanidine groups is 1. The van der Waals surface area contributed by atoms with Gasteiger partial charge in [-0.1, -0.05) is 19.8 Å². The van der Waals surface area contributed by atoms with Crippen molar-refractivity contribution in [2.24, 2.45) is 4.99 Å². The summed E-state index contributed by atoms with van der Waals surface area (Å²) in [4.78, 5) is 4.67. The number of rotatable bonds is 10. The minimum absolute atomic E-state index is 0. The molecule has 0 saturated carbocycles. The molecule has 0 saturated heterocycles. The van der Waals surface area contributed by atoms with Crippen LogP contribution in [0.15, 0.2) is 4.99 Å². The van der Waals surface area contributed by atoms with Crippen LogP contribution >= 0.6 is 24.0 Å². The van der Waals surface area contributed by atoms with Crippen LogP contribution in [0, 0.1) is 0 Å². The fraction of sp³-hybridized carbons (Fsp3) is 0.833. The Bertz CT molecular complexity index is 520. The largest absolute Gasteiger partial charge is 0.381 e. The molecule has 150 valence electrons. The summed E-state index contributed by atoms with van der Waals surface area (Å²) < 4.78 is 7.84. The zero-order valence-corrected chi connectivity index (χ0v) is 18.6. The Morgan fingerprint density at radius 1 is 1.12 bits per heavy atom. The molecule has 8 heteroatoms. The van der Waals surface area contributed by atoms with Crippen molar-refractivity contribution in [1.29, 1.82) is 0 Å². The van der Waals surface area contributed by atoms with Gasteiger partial charge in [-0.25, -0.2) is 4.99 Å². The zero-order chi connectivity index (χ0) is 17.7. The second-order valence-corrected chi connectivity index (χ2v) is 6.44. The van der Waals surface area contributed by atoms with Gasteiger partial charge in [-0.15, -0.1) is 34.2 Å². The number of halogens is 1. The second kappa shape index (κ2) is 14.2. The summed E-state index contributed by atoms with van der Waals surface area (Å²) >= 11 is 0. The maximum absolute atomic E-state index is 5.59. The number of hydrogen-bond acceptors (Lipinski definition) is 4. The first-order valence-corrected chi connectivity index (χ1v) is 9.86. The smallest absolute Gasteiger partial charge is 0.191 e. The van der Waals surface area contributed by atoms with Gasteiger partial charge in [0, 0.05) is 39.3 Å². The van der Waals surface area contributed by atoms with Gasteiger partial charge in [-0.2, -0.15) is 0 Å². The van der Waals surface area contributed by atoms with Gasteiger partial charge in [0.25, 0.3) is 0 Å². The molecule has 2 N–H and O–H groups in total. The highest BCUT2D eigenvalue weighted by atomic mass is 127. The van der Waals surface area contributed by atoms with E-state index in [1.165, 1.54) is 25.7 Å². The van der Waals surface area contributed by atoms with Gasteiger partial charge in [0.1, 0.15) is 12.4 Å². The van der Waals surface area contributed by atoms with Crippen LogP contribution < -0.4 is 10.6 Å². The minimum Gasteiger partial charge on any atom is -0.381 e. The average molecular weight is 478 g/mol. The number of unbranched alkanes of at least 4 members (excludes halogenated alkanes) is 1. The number of aryl methyl sites for hydroxylation is 1. The Morgan fingerprint density at radius 3 is 2.77 bits per heavy atom. The molecule has 0 spiro atoms. The molecule has 1 aliphatic rings.